The van der Waals surface area contributed by atoms with Gasteiger partial charge in [-0.05, 0) is 54.2 Å². The van der Waals surface area contributed by atoms with Gasteiger partial charge in [0.15, 0.2) is 11.9 Å². The molecule has 14 nitrogen and oxygen atoms in total. The number of hydrogen-bond donors (Lipinski definition) is 2. The van der Waals surface area contributed by atoms with Crippen molar-refractivity contribution in [2.24, 2.45) is 0 Å². The van der Waals surface area contributed by atoms with Crippen LogP contribution in [0.15, 0.2) is 155 Å². The Hall–Kier alpha value is -7.42. The Bertz CT molecular complexity index is 2760. The third-order valence-electron chi connectivity index (χ3n) is 12.1. The maximum atomic E-state index is 15.0. The van der Waals surface area contributed by atoms with Gasteiger partial charge < -0.3 is 24.3 Å². The van der Waals surface area contributed by atoms with Crippen LogP contribution in [0.5, 0.6) is 0 Å². The third-order valence-corrected chi connectivity index (χ3v) is 12.1. The molecular formula is C52H50N4O10. The number of nitrogens with zero attached hydrogens (tertiary/aromatic N) is 3. The van der Waals surface area contributed by atoms with Crippen LogP contribution in [0.4, 0.5) is 4.79 Å². The van der Waals surface area contributed by atoms with Crippen molar-refractivity contribution in [2.45, 2.75) is 69.3 Å². The van der Waals surface area contributed by atoms with Crippen LogP contribution in [-0.2, 0) is 30.3 Å². The largest absolute Gasteiger partial charge is 0.527 e. The van der Waals surface area contributed by atoms with Crippen molar-refractivity contribution >= 4 is 23.8 Å². The second kappa shape index (κ2) is 19.4. The quantitative estimate of drug-likeness (QED) is 0.0670. The zero-order valence-electron chi connectivity index (χ0n) is 36.7. The molecule has 1 aromatic heterocycles. The summed E-state index contributed by atoms with van der Waals surface area (Å²) in [6.07, 6.45) is -1.19. The topological polar surface area (TPSA) is 178 Å². The fourth-order valence-electron chi connectivity index (χ4n) is 8.89. The van der Waals surface area contributed by atoms with Crippen molar-refractivity contribution in [3.05, 3.63) is 200 Å². The van der Waals surface area contributed by atoms with E-state index in [2.05, 4.69) is 4.98 Å². The van der Waals surface area contributed by atoms with Crippen molar-refractivity contribution in [3.8, 4) is 11.1 Å². The zero-order valence-corrected chi connectivity index (χ0v) is 36.7. The molecule has 2 N–H and O–H groups in total. The average Bonchev–Trinajstić information content (AvgIpc) is 3.91. The predicted octanol–water partition coefficient (Wildman–Crippen LogP) is 6.78. The summed E-state index contributed by atoms with van der Waals surface area (Å²) in [5, 5.41) is 12.1. The molecule has 8 rings (SSSR count). The number of carbonyl (C=O) groups excluding carboxylic acids is 4. The number of benzene rings is 5. The Morgan fingerprint density at radius 3 is 1.88 bits per heavy atom. The summed E-state index contributed by atoms with van der Waals surface area (Å²) in [5.74, 6) is -2.25. The molecule has 1 fully saturated rings. The molecule has 0 radical (unpaired) electrons. The third kappa shape index (κ3) is 9.51. The van der Waals surface area contributed by atoms with Crippen molar-refractivity contribution in [1.29, 1.82) is 0 Å². The van der Waals surface area contributed by atoms with Gasteiger partial charge in [-0.1, -0.05) is 140 Å². The van der Waals surface area contributed by atoms with E-state index in [0.717, 1.165) is 27.3 Å². The van der Waals surface area contributed by atoms with Crippen molar-refractivity contribution < 1.29 is 38.6 Å². The molecule has 5 aromatic carbocycles. The Morgan fingerprint density at radius 2 is 1.32 bits per heavy atom. The van der Waals surface area contributed by atoms with E-state index < -0.39 is 65.7 Å². The second-order valence-corrected chi connectivity index (χ2v) is 17.4. The van der Waals surface area contributed by atoms with Gasteiger partial charge in [-0.2, -0.15) is 0 Å². The van der Waals surface area contributed by atoms with Gasteiger partial charge in [0, 0.05) is 48.2 Å². The lowest BCUT2D eigenvalue weighted by atomic mass is 9.98. The van der Waals surface area contributed by atoms with Gasteiger partial charge in [-0.25, -0.2) is 14.4 Å². The Balaban J connectivity index is 1.09. The van der Waals surface area contributed by atoms with E-state index in [-0.39, 0.29) is 43.3 Å². The van der Waals surface area contributed by atoms with E-state index in [1.54, 1.807) is 51.1 Å². The molecule has 3 atom stereocenters. The van der Waals surface area contributed by atoms with E-state index in [1.165, 1.54) is 15.7 Å². The van der Waals surface area contributed by atoms with Gasteiger partial charge in [0.1, 0.15) is 18.7 Å². The lowest BCUT2D eigenvalue weighted by molar-refractivity contribution is -0.215. The standard InChI is InChI=1S/C52H50N4O10/c1-52(2,3)56(66-51(63)64-32-42-40-25-15-13-23-38(40)39-24-14-16-26-41(39)42)44(31-57)48(60)55-30-37(54-29-36(47(59)53-50(54)62)27-45(58)33-17-7-4-8-18-33)28-43(55)49(61)65-46(34-19-9-5-10-20-34)35-21-11-6-12-22-35/h4-26,29,37,42-44,46,57H,27-28,30-32H2,1-3H3,(H,53,59,62)/t37-,43-,44-/m1/s1. The molecule has 14 heteroatoms. The summed E-state index contributed by atoms with van der Waals surface area (Å²) in [6.45, 7) is 3.86. The van der Waals surface area contributed by atoms with Gasteiger partial charge in [0.25, 0.3) is 5.56 Å². The lowest BCUT2D eigenvalue weighted by Crippen LogP contribution is -2.59. The van der Waals surface area contributed by atoms with Gasteiger partial charge in [-0.3, -0.25) is 23.9 Å². The number of esters is 1. The highest BCUT2D eigenvalue weighted by molar-refractivity contribution is 5.97. The number of H-pyrrole nitrogens is 1. The maximum Gasteiger partial charge on any atom is 0.527 e. The van der Waals surface area contributed by atoms with Gasteiger partial charge in [-0.15, -0.1) is 5.06 Å². The number of hydrogen-bond acceptors (Lipinski definition) is 11. The van der Waals surface area contributed by atoms with Crippen molar-refractivity contribution in [1.82, 2.24) is 19.5 Å². The van der Waals surface area contributed by atoms with Crippen LogP contribution in [0, 0.1) is 0 Å². The summed E-state index contributed by atoms with van der Waals surface area (Å²) in [7, 11) is 0. The first-order valence-electron chi connectivity index (χ1n) is 21.8. The number of nitrogens with one attached hydrogen (secondary N) is 1. The molecule has 0 spiro atoms. The number of aliphatic hydroxyl groups excluding tert-OH is 1. The minimum atomic E-state index is -1.56. The first kappa shape index (κ1) is 45.2. The van der Waals surface area contributed by atoms with Crippen LogP contribution in [0.3, 0.4) is 0 Å². The molecule has 2 aliphatic rings. The minimum absolute atomic E-state index is 0.00390. The van der Waals surface area contributed by atoms with Crippen LogP contribution in [0.2, 0.25) is 0 Å². The molecule has 1 aliphatic heterocycles. The van der Waals surface area contributed by atoms with Gasteiger partial charge in [0.2, 0.25) is 5.91 Å². The van der Waals surface area contributed by atoms with Crippen LogP contribution in [0.1, 0.15) is 83.4 Å². The minimum Gasteiger partial charge on any atom is -0.451 e. The molecule has 2 heterocycles. The number of aromatic amines is 1. The first-order chi connectivity index (χ1) is 31.8. The van der Waals surface area contributed by atoms with E-state index in [9.17, 15) is 29.1 Å². The number of Topliss-reactive ketones (excluding diaryl/α,β-unsaturated/α-hetero) is 1. The van der Waals surface area contributed by atoms with Crippen LogP contribution in [-0.4, -0.2) is 85.8 Å². The highest BCUT2D eigenvalue weighted by Crippen LogP contribution is 2.44. The van der Waals surface area contributed by atoms with Gasteiger partial charge >= 0.3 is 17.8 Å². The molecule has 1 aliphatic carbocycles. The van der Waals surface area contributed by atoms with E-state index in [0.29, 0.717) is 16.7 Å². The second-order valence-electron chi connectivity index (χ2n) is 17.4. The molecule has 66 heavy (non-hydrogen) atoms. The number of ether oxygens (including phenoxy) is 2. The smallest absolute Gasteiger partial charge is 0.451 e. The van der Waals surface area contributed by atoms with Crippen molar-refractivity contribution in [2.75, 3.05) is 19.8 Å². The number of fused-ring (bicyclic) bond motifs is 3. The molecule has 6 aromatic rings. The molecule has 0 unspecified atom stereocenters. The van der Waals surface area contributed by atoms with E-state index in [4.69, 9.17) is 14.3 Å². The number of aliphatic hydroxyl groups is 1. The molecule has 0 bridgehead atoms. The van der Waals surface area contributed by atoms with E-state index in [1.807, 2.05) is 109 Å². The SMILES string of the molecule is CC(C)(C)N(OC(=O)OCC1c2ccccc2-c2ccccc21)[C@H](CO)C(=O)N1C[C@H](n2cc(CC(=O)c3ccccc3)c(=O)[nH]c2=O)C[C@@H]1C(=O)OC(c1ccccc1)c1ccccc1. The summed E-state index contributed by atoms with van der Waals surface area (Å²) in [5.41, 5.74) is 3.09. The summed E-state index contributed by atoms with van der Waals surface area (Å²) in [6, 6.07) is 38.5. The van der Waals surface area contributed by atoms with Crippen LogP contribution >= 0.6 is 0 Å². The Morgan fingerprint density at radius 1 is 0.773 bits per heavy atom. The van der Waals surface area contributed by atoms with Crippen molar-refractivity contribution in [3.63, 3.8) is 0 Å². The highest BCUT2D eigenvalue weighted by atomic mass is 16.8. The number of rotatable bonds is 14. The predicted molar refractivity (Wildman–Crippen MR) is 244 cm³/mol. The number of likely N-dealkylation sites (tertiary alicyclic amines) is 1. The van der Waals surface area contributed by atoms with Gasteiger partial charge in [0.05, 0.1) is 12.6 Å². The molecule has 1 saturated heterocycles. The van der Waals surface area contributed by atoms with E-state index >= 15 is 4.79 Å². The summed E-state index contributed by atoms with van der Waals surface area (Å²) in [4.78, 5) is 92.5. The molecular weight excluding hydrogens is 841 g/mol. The van der Waals surface area contributed by atoms with Crippen LogP contribution < -0.4 is 11.2 Å². The molecule has 0 saturated carbocycles. The molecule has 338 valence electrons. The lowest BCUT2D eigenvalue weighted by Gasteiger charge is -2.39. The number of amides is 1. The summed E-state index contributed by atoms with van der Waals surface area (Å²) >= 11 is 0. The number of carbonyl (C=O) groups is 4. The number of ketones is 1. The fourth-order valence-corrected chi connectivity index (χ4v) is 8.89. The summed E-state index contributed by atoms with van der Waals surface area (Å²) < 4.78 is 13.2. The Kier molecular flexibility index (Phi) is 13.2. The van der Waals surface area contributed by atoms with Crippen LogP contribution in [0.25, 0.3) is 11.1 Å². The Labute approximate surface area is 381 Å². The monoisotopic (exact) mass is 890 g/mol. The number of aromatic nitrogens is 2. The molecule has 1 amide bonds. The zero-order chi connectivity index (χ0) is 46.5. The average molecular weight is 891 g/mol. The fraction of sp³-hybridized carbons (Fsp3) is 0.269. The highest BCUT2D eigenvalue weighted by Gasteiger charge is 2.48. The normalized spacial score (nSPS) is 16.1. The first-order valence-corrected chi connectivity index (χ1v) is 21.8. The maximum absolute atomic E-state index is 15.0. The number of hydroxylamine groups is 2.